The van der Waals surface area contributed by atoms with Crippen molar-refractivity contribution in [3.8, 4) is 0 Å². The molecule has 0 aromatic rings. The fraction of sp³-hybridized carbons (Fsp3) is 1.00. The van der Waals surface area contributed by atoms with E-state index < -0.39 is 0 Å². The van der Waals surface area contributed by atoms with Crippen LogP contribution >= 0.6 is 0 Å². The monoisotopic (exact) mass is 91.1 g/mol. The number of halogens is 1. The Balaban J connectivity index is 2.75. The van der Waals surface area contributed by atoms with Gasteiger partial charge < -0.3 is 0 Å². The standard InChI is InChI=1S/C4H10FN/c1-3-4(2)6-5/h4,6H,3H2,1-2H3. The van der Waals surface area contributed by atoms with Gasteiger partial charge in [0.05, 0.1) is 0 Å². The summed E-state index contributed by atoms with van der Waals surface area (Å²) in [7, 11) is 0. The molecule has 0 radical (unpaired) electrons. The minimum absolute atomic E-state index is 0.0185. The predicted octanol–water partition coefficient (Wildman–Crippen LogP) is 1.26. The van der Waals surface area contributed by atoms with E-state index in [9.17, 15) is 4.48 Å². The quantitative estimate of drug-likeness (QED) is 0.504. The summed E-state index contributed by atoms with van der Waals surface area (Å²) in [6.07, 6.45) is 0.844. The van der Waals surface area contributed by atoms with E-state index in [4.69, 9.17) is 0 Å². The molecule has 38 valence electrons. The summed E-state index contributed by atoms with van der Waals surface area (Å²) in [5.74, 6) is 0. The predicted molar refractivity (Wildman–Crippen MR) is 24.0 cm³/mol. The number of nitrogens with one attached hydrogen (secondary N) is 1. The molecular weight excluding hydrogens is 81.0 g/mol. The minimum atomic E-state index is 0.0185. The Bertz CT molecular complexity index is 26.7. The Labute approximate surface area is 37.5 Å². The maximum Gasteiger partial charge on any atom is 0.0341 e. The zero-order valence-corrected chi connectivity index (χ0v) is 4.16. The van der Waals surface area contributed by atoms with Gasteiger partial charge in [-0.3, -0.25) is 0 Å². The Hall–Kier alpha value is -0.110. The van der Waals surface area contributed by atoms with Crippen LogP contribution in [0, 0.1) is 0 Å². The van der Waals surface area contributed by atoms with E-state index in [1.807, 2.05) is 6.92 Å². The molecule has 0 aliphatic carbocycles. The molecule has 6 heavy (non-hydrogen) atoms. The zero-order valence-electron chi connectivity index (χ0n) is 4.16. The molecule has 0 saturated carbocycles. The zero-order chi connectivity index (χ0) is 4.99. The van der Waals surface area contributed by atoms with Gasteiger partial charge >= 0.3 is 0 Å². The van der Waals surface area contributed by atoms with Crippen LogP contribution in [0.5, 0.6) is 0 Å². The molecule has 0 aliphatic heterocycles. The molecule has 0 heterocycles. The first-order chi connectivity index (χ1) is 2.81. The van der Waals surface area contributed by atoms with E-state index >= 15 is 0 Å². The van der Waals surface area contributed by atoms with Crippen LogP contribution in [0.3, 0.4) is 0 Å². The van der Waals surface area contributed by atoms with Crippen molar-refractivity contribution in [2.24, 2.45) is 0 Å². The molecule has 0 aromatic carbocycles. The van der Waals surface area contributed by atoms with Crippen LogP contribution in [-0.4, -0.2) is 6.04 Å². The summed E-state index contributed by atoms with van der Waals surface area (Å²) in [4.78, 5) is 0. The summed E-state index contributed by atoms with van der Waals surface area (Å²) in [5, 5.41) is 0. The average molecular weight is 91.1 g/mol. The maximum absolute atomic E-state index is 11.1. The third-order valence-electron chi connectivity index (χ3n) is 0.799. The SMILES string of the molecule is CCC(C)NF. The molecule has 0 aliphatic rings. The molecule has 0 aromatic heterocycles. The summed E-state index contributed by atoms with van der Waals surface area (Å²) in [6.45, 7) is 3.72. The third-order valence-corrected chi connectivity index (χ3v) is 0.799. The van der Waals surface area contributed by atoms with Crippen molar-refractivity contribution in [3.05, 3.63) is 0 Å². The highest BCUT2D eigenvalue weighted by Crippen LogP contribution is 1.84. The molecule has 2 heteroatoms. The maximum atomic E-state index is 11.1. The van der Waals surface area contributed by atoms with Crippen molar-refractivity contribution < 1.29 is 4.48 Å². The van der Waals surface area contributed by atoms with Crippen LogP contribution in [0.25, 0.3) is 0 Å². The number of hydrogen-bond acceptors (Lipinski definition) is 1. The largest absolute Gasteiger partial charge is 0.157 e. The molecule has 1 atom stereocenters. The lowest BCUT2D eigenvalue weighted by Gasteiger charge is -1.97. The van der Waals surface area contributed by atoms with Gasteiger partial charge in [-0.1, -0.05) is 6.92 Å². The summed E-state index contributed by atoms with van der Waals surface area (Å²) < 4.78 is 11.1. The Morgan fingerprint density at radius 1 is 1.83 bits per heavy atom. The fourth-order valence-corrected chi connectivity index (χ4v) is 0.0772. The van der Waals surface area contributed by atoms with Crippen LogP contribution < -0.4 is 5.54 Å². The van der Waals surface area contributed by atoms with Gasteiger partial charge in [-0.15, -0.1) is 4.48 Å². The van der Waals surface area contributed by atoms with Crippen LogP contribution in [0.15, 0.2) is 0 Å². The van der Waals surface area contributed by atoms with Crippen molar-refractivity contribution in [2.75, 3.05) is 0 Å². The molecule has 0 rings (SSSR count). The van der Waals surface area contributed by atoms with Crippen LogP contribution in [0.1, 0.15) is 20.3 Å². The summed E-state index contributed by atoms with van der Waals surface area (Å²) in [5.41, 5.74) is 1.61. The second-order valence-corrected chi connectivity index (χ2v) is 1.42. The van der Waals surface area contributed by atoms with Crippen molar-refractivity contribution in [1.29, 1.82) is 0 Å². The van der Waals surface area contributed by atoms with Crippen LogP contribution in [0.2, 0.25) is 0 Å². The summed E-state index contributed by atoms with van der Waals surface area (Å²) >= 11 is 0. The van der Waals surface area contributed by atoms with Gasteiger partial charge in [-0.05, 0) is 13.3 Å². The highest BCUT2D eigenvalue weighted by molar-refractivity contribution is 4.45. The molecular formula is C4H10FN. The van der Waals surface area contributed by atoms with E-state index in [0.29, 0.717) is 0 Å². The van der Waals surface area contributed by atoms with E-state index in [2.05, 4.69) is 0 Å². The first kappa shape index (κ1) is 5.89. The first-order valence-electron chi connectivity index (χ1n) is 2.17. The number of hydrogen-bond donors (Lipinski definition) is 1. The van der Waals surface area contributed by atoms with Crippen molar-refractivity contribution in [3.63, 3.8) is 0 Å². The lowest BCUT2D eigenvalue weighted by molar-refractivity contribution is 0.277. The highest BCUT2D eigenvalue weighted by atomic mass is 19.2. The Morgan fingerprint density at radius 3 is 2.33 bits per heavy atom. The minimum Gasteiger partial charge on any atom is -0.157 e. The molecule has 1 unspecified atom stereocenters. The molecule has 0 spiro atoms. The van der Waals surface area contributed by atoms with E-state index in [1.165, 1.54) is 0 Å². The Kier molecular flexibility index (Phi) is 3.04. The smallest absolute Gasteiger partial charge is 0.0341 e. The molecule has 0 amide bonds. The second kappa shape index (κ2) is 3.09. The van der Waals surface area contributed by atoms with Crippen molar-refractivity contribution in [1.82, 2.24) is 5.54 Å². The number of rotatable bonds is 2. The van der Waals surface area contributed by atoms with E-state index in [-0.39, 0.29) is 6.04 Å². The Morgan fingerprint density at radius 2 is 2.33 bits per heavy atom. The topological polar surface area (TPSA) is 12.0 Å². The van der Waals surface area contributed by atoms with Gasteiger partial charge in [0.25, 0.3) is 0 Å². The molecule has 0 fully saturated rings. The lowest BCUT2D eigenvalue weighted by atomic mass is 10.3. The van der Waals surface area contributed by atoms with Crippen LogP contribution in [-0.2, 0) is 0 Å². The normalized spacial score (nSPS) is 14.5. The molecule has 1 nitrogen and oxygen atoms in total. The van der Waals surface area contributed by atoms with Crippen LogP contribution in [0.4, 0.5) is 4.48 Å². The van der Waals surface area contributed by atoms with Gasteiger partial charge in [0.15, 0.2) is 0 Å². The first-order valence-corrected chi connectivity index (χ1v) is 2.17. The van der Waals surface area contributed by atoms with E-state index in [0.717, 1.165) is 6.42 Å². The summed E-state index contributed by atoms with van der Waals surface area (Å²) in [6, 6.07) is 0.0185. The second-order valence-electron chi connectivity index (χ2n) is 1.42. The highest BCUT2D eigenvalue weighted by Gasteiger charge is 1.90. The van der Waals surface area contributed by atoms with Gasteiger partial charge in [0, 0.05) is 6.04 Å². The van der Waals surface area contributed by atoms with Gasteiger partial charge in [0.1, 0.15) is 0 Å². The van der Waals surface area contributed by atoms with Gasteiger partial charge in [-0.2, -0.15) is 5.54 Å². The van der Waals surface area contributed by atoms with Crippen molar-refractivity contribution >= 4 is 0 Å². The fourth-order valence-electron chi connectivity index (χ4n) is 0.0772. The van der Waals surface area contributed by atoms with E-state index in [1.54, 1.807) is 12.5 Å². The van der Waals surface area contributed by atoms with Crippen molar-refractivity contribution in [2.45, 2.75) is 26.3 Å². The van der Waals surface area contributed by atoms with Gasteiger partial charge in [-0.25, -0.2) is 0 Å². The lowest BCUT2D eigenvalue weighted by Crippen LogP contribution is -2.14. The van der Waals surface area contributed by atoms with Gasteiger partial charge in [0.2, 0.25) is 0 Å². The molecule has 1 N–H and O–H groups in total. The molecule has 0 bridgehead atoms. The third kappa shape index (κ3) is 2.15. The molecule has 0 saturated heterocycles. The average Bonchev–Trinajstić information content (AvgIpc) is 1.65.